The minimum Gasteiger partial charge on any atom is -0.393 e. The van der Waals surface area contributed by atoms with Crippen molar-refractivity contribution >= 4 is 5.91 Å². The molecule has 3 nitrogen and oxygen atoms in total. The average Bonchev–Trinajstić information content (AvgIpc) is 3.19. The first kappa shape index (κ1) is 26.6. The van der Waals surface area contributed by atoms with Crippen molar-refractivity contribution in [2.45, 2.75) is 110 Å². The number of hydrogen-bond donors (Lipinski definition) is 1. The lowest BCUT2D eigenvalue weighted by Crippen LogP contribution is -2.50. The molecule has 1 N–H and O–H groups in total. The smallest absolute Gasteiger partial charge is 0.391 e. The number of halogens is 3. The largest absolute Gasteiger partial charge is 0.393 e. The van der Waals surface area contributed by atoms with E-state index in [2.05, 4.69) is 26.8 Å². The van der Waals surface area contributed by atoms with Gasteiger partial charge in [-0.15, -0.1) is 0 Å². The number of nitrogens with zero attached hydrogens (tertiary/aromatic N) is 1. The van der Waals surface area contributed by atoms with Crippen LogP contribution in [-0.4, -0.2) is 41.3 Å². The number of aliphatic hydroxyl groups excluding tert-OH is 1. The summed E-state index contributed by atoms with van der Waals surface area (Å²) < 4.78 is 38.9. The van der Waals surface area contributed by atoms with E-state index in [0.29, 0.717) is 23.7 Å². The third kappa shape index (κ3) is 4.56. The van der Waals surface area contributed by atoms with Crippen LogP contribution in [0.2, 0.25) is 0 Å². The lowest BCUT2D eigenvalue weighted by atomic mass is 9.47. The molecule has 1 aliphatic heterocycles. The minimum atomic E-state index is -4.14. The number of hydrogen-bond acceptors (Lipinski definition) is 2. The topological polar surface area (TPSA) is 40.5 Å². The molecule has 6 heteroatoms. The molecule has 4 aliphatic carbocycles. The zero-order valence-electron chi connectivity index (χ0n) is 22.5. The number of rotatable bonds is 4. The Kier molecular flexibility index (Phi) is 7.09. The molecule has 204 valence electrons. The number of aliphatic hydroxyl groups is 1. The number of carbonyl (C=O) groups excluding carboxylic acids is 1. The molecule has 1 saturated heterocycles. The van der Waals surface area contributed by atoms with Gasteiger partial charge in [-0.2, -0.15) is 13.2 Å². The van der Waals surface area contributed by atoms with Crippen molar-refractivity contribution in [2.24, 2.45) is 46.3 Å². The van der Waals surface area contributed by atoms with Crippen molar-refractivity contribution in [3.05, 3.63) is 11.6 Å². The van der Waals surface area contributed by atoms with Crippen LogP contribution in [0.25, 0.3) is 0 Å². The van der Waals surface area contributed by atoms with Crippen LogP contribution in [0, 0.1) is 46.3 Å². The molecule has 5 rings (SSSR count). The normalized spacial score (nSPS) is 42.2. The van der Waals surface area contributed by atoms with Crippen molar-refractivity contribution < 1.29 is 23.1 Å². The summed E-state index contributed by atoms with van der Waals surface area (Å²) >= 11 is 0. The Morgan fingerprint density at radius 3 is 2.50 bits per heavy atom. The van der Waals surface area contributed by atoms with Crippen LogP contribution >= 0.6 is 0 Å². The van der Waals surface area contributed by atoms with Gasteiger partial charge in [0, 0.05) is 19.5 Å². The van der Waals surface area contributed by atoms with E-state index in [0.717, 1.165) is 49.9 Å². The maximum Gasteiger partial charge on any atom is 0.391 e. The Balaban J connectivity index is 1.18. The van der Waals surface area contributed by atoms with Crippen LogP contribution in [0.5, 0.6) is 0 Å². The molecule has 1 unspecified atom stereocenters. The molecular formula is C30H46F3NO2. The molecule has 1 heterocycles. The monoisotopic (exact) mass is 509 g/mol. The van der Waals surface area contributed by atoms with E-state index in [9.17, 15) is 23.1 Å². The third-order valence-electron chi connectivity index (χ3n) is 12.0. The third-order valence-corrected chi connectivity index (χ3v) is 12.0. The van der Waals surface area contributed by atoms with Gasteiger partial charge in [-0.3, -0.25) is 4.79 Å². The highest BCUT2D eigenvalue weighted by Gasteiger charge is 2.59. The zero-order chi connectivity index (χ0) is 25.9. The summed E-state index contributed by atoms with van der Waals surface area (Å²) in [6.07, 6.45) is 8.73. The number of piperidine rings is 1. The van der Waals surface area contributed by atoms with Gasteiger partial charge < -0.3 is 10.0 Å². The highest BCUT2D eigenvalue weighted by atomic mass is 19.4. The predicted octanol–water partition coefficient (Wildman–Crippen LogP) is 7.14. The van der Waals surface area contributed by atoms with Gasteiger partial charge in [-0.25, -0.2) is 0 Å². The number of amides is 1. The number of likely N-dealkylation sites (tertiary alicyclic amines) is 1. The number of allylic oxidation sites excluding steroid dienone is 1. The molecule has 0 spiro atoms. The van der Waals surface area contributed by atoms with Crippen LogP contribution in [0.15, 0.2) is 11.6 Å². The first-order chi connectivity index (χ1) is 16.9. The quantitative estimate of drug-likeness (QED) is 0.409. The highest BCUT2D eigenvalue weighted by Crippen LogP contribution is 2.67. The Hall–Kier alpha value is -1.04. The molecule has 8 atom stereocenters. The van der Waals surface area contributed by atoms with E-state index in [4.69, 9.17) is 0 Å². The second-order valence-corrected chi connectivity index (χ2v) is 13.6. The first-order valence-corrected chi connectivity index (χ1v) is 14.7. The van der Waals surface area contributed by atoms with Gasteiger partial charge >= 0.3 is 6.18 Å². The molecule has 0 radical (unpaired) electrons. The van der Waals surface area contributed by atoms with Crippen LogP contribution in [0.4, 0.5) is 13.2 Å². The van der Waals surface area contributed by atoms with Crippen molar-refractivity contribution in [2.75, 3.05) is 13.1 Å². The summed E-state index contributed by atoms with van der Waals surface area (Å²) in [6.45, 7) is 7.81. The van der Waals surface area contributed by atoms with E-state index >= 15 is 0 Å². The fourth-order valence-electron chi connectivity index (χ4n) is 9.78. The average molecular weight is 510 g/mol. The van der Waals surface area contributed by atoms with Gasteiger partial charge in [-0.1, -0.05) is 32.4 Å². The van der Waals surface area contributed by atoms with E-state index in [-0.39, 0.29) is 43.4 Å². The summed E-state index contributed by atoms with van der Waals surface area (Å²) in [5.41, 5.74) is 2.11. The number of alkyl halides is 3. The van der Waals surface area contributed by atoms with E-state index in [1.165, 1.54) is 31.3 Å². The summed E-state index contributed by atoms with van der Waals surface area (Å²) in [5, 5.41) is 10.2. The fraction of sp³-hybridized carbons (Fsp3) is 0.900. The van der Waals surface area contributed by atoms with E-state index in [1.54, 1.807) is 4.90 Å². The first-order valence-electron chi connectivity index (χ1n) is 14.7. The molecule has 36 heavy (non-hydrogen) atoms. The molecule has 5 aliphatic rings. The fourth-order valence-corrected chi connectivity index (χ4v) is 9.78. The highest BCUT2D eigenvalue weighted by molar-refractivity contribution is 5.76. The summed E-state index contributed by atoms with van der Waals surface area (Å²) in [5.74, 6) is 2.09. The molecule has 0 aromatic heterocycles. The van der Waals surface area contributed by atoms with Crippen LogP contribution in [0.1, 0.15) is 97.8 Å². The van der Waals surface area contributed by atoms with Gasteiger partial charge in [-0.05, 0) is 111 Å². The van der Waals surface area contributed by atoms with Crippen molar-refractivity contribution in [1.82, 2.24) is 4.90 Å². The molecule has 0 bridgehead atoms. The summed E-state index contributed by atoms with van der Waals surface area (Å²) in [6, 6.07) is 0. The molecule has 0 aromatic carbocycles. The maximum absolute atomic E-state index is 13.0. The van der Waals surface area contributed by atoms with Gasteiger partial charge in [0.15, 0.2) is 0 Å². The molecule has 3 saturated carbocycles. The van der Waals surface area contributed by atoms with Crippen molar-refractivity contribution in [1.29, 1.82) is 0 Å². The van der Waals surface area contributed by atoms with Crippen molar-refractivity contribution in [3.63, 3.8) is 0 Å². The SMILES string of the molecule is CC(CCC(=O)N1CCC(C(F)(F)F)CC1)[C@H]1CC[C@H]2[C@@H]3CC=C4C[C@@H](O)CC[C@]4(C)[C@H]3CC[C@]12C. The number of carbonyl (C=O) groups is 1. The Morgan fingerprint density at radius 1 is 1.08 bits per heavy atom. The lowest BCUT2D eigenvalue weighted by molar-refractivity contribution is -0.186. The predicted molar refractivity (Wildman–Crippen MR) is 135 cm³/mol. The van der Waals surface area contributed by atoms with Gasteiger partial charge in [0.05, 0.1) is 12.0 Å². The van der Waals surface area contributed by atoms with Crippen LogP contribution in [-0.2, 0) is 4.79 Å². The maximum atomic E-state index is 13.0. The van der Waals surface area contributed by atoms with Gasteiger partial charge in [0.1, 0.15) is 0 Å². The Bertz CT molecular complexity index is 863. The summed E-state index contributed by atoms with van der Waals surface area (Å²) in [4.78, 5) is 14.5. The molecule has 4 fully saturated rings. The van der Waals surface area contributed by atoms with Crippen molar-refractivity contribution in [3.8, 4) is 0 Å². The van der Waals surface area contributed by atoms with E-state index < -0.39 is 12.1 Å². The summed E-state index contributed by atoms with van der Waals surface area (Å²) in [7, 11) is 0. The molecule has 1 amide bonds. The van der Waals surface area contributed by atoms with E-state index in [1.807, 2.05) is 0 Å². The zero-order valence-corrected chi connectivity index (χ0v) is 22.5. The van der Waals surface area contributed by atoms with Crippen LogP contribution < -0.4 is 0 Å². The van der Waals surface area contributed by atoms with Crippen LogP contribution in [0.3, 0.4) is 0 Å². The molecule has 0 aromatic rings. The van der Waals surface area contributed by atoms with Gasteiger partial charge in [0.2, 0.25) is 5.91 Å². The standard InChI is InChI=1S/C30H46F3NO2/c1-19(4-9-27(36)34-16-12-20(13-17-34)30(31,32)33)24-7-8-25-23-6-5-21-18-22(35)10-14-28(21,2)26(23)11-15-29(24,25)3/h5,19-20,22-26,35H,4,6-18H2,1-3H3/t19?,22-,23-,24+,25-,26-,28-,29+/m0/s1. The lowest BCUT2D eigenvalue weighted by Gasteiger charge is -2.58. The Labute approximate surface area is 215 Å². The number of fused-ring (bicyclic) bond motifs is 5. The molecular weight excluding hydrogens is 463 g/mol. The van der Waals surface area contributed by atoms with Gasteiger partial charge in [0.25, 0.3) is 0 Å². The minimum absolute atomic E-state index is 0.0447. The Morgan fingerprint density at radius 2 is 1.81 bits per heavy atom. The second kappa shape index (κ2) is 9.61. The second-order valence-electron chi connectivity index (χ2n) is 13.6.